The number of carboxylic acid groups (broad SMARTS) is 2. The van der Waals surface area contributed by atoms with Crippen molar-refractivity contribution in [2.75, 3.05) is 5.32 Å². The largest absolute Gasteiger partial charge is 0.481 e. The van der Waals surface area contributed by atoms with Gasteiger partial charge in [-0.2, -0.15) is 0 Å². The highest BCUT2D eigenvalue weighted by molar-refractivity contribution is 9.10. The summed E-state index contributed by atoms with van der Waals surface area (Å²) in [5.41, 5.74) is 0.0232. The first-order chi connectivity index (χ1) is 9.70. The number of amides is 2. The van der Waals surface area contributed by atoms with Gasteiger partial charge in [0.2, 0.25) is 0 Å². The molecule has 0 aromatic heterocycles. The summed E-state index contributed by atoms with van der Waals surface area (Å²) in [6.07, 6.45) is -0.791. The average Bonchev–Trinajstić information content (AvgIpc) is 2.32. The lowest BCUT2D eigenvalue weighted by molar-refractivity contribution is -0.145. The molecule has 0 fully saturated rings. The third-order valence-corrected chi connectivity index (χ3v) is 3.15. The van der Waals surface area contributed by atoms with E-state index in [4.69, 9.17) is 21.8 Å². The molecule has 0 unspecified atom stereocenters. The molecule has 114 valence electrons. The van der Waals surface area contributed by atoms with Crippen LogP contribution in [0.25, 0.3) is 0 Å². The number of hydrogen-bond acceptors (Lipinski definition) is 3. The van der Waals surface area contributed by atoms with Crippen molar-refractivity contribution in [2.24, 2.45) is 0 Å². The Hall–Kier alpha value is -1.87. The predicted molar refractivity (Wildman–Crippen MR) is 74.9 cm³/mol. The molecule has 0 aliphatic heterocycles. The highest BCUT2D eigenvalue weighted by Crippen LogP contribution is 2.31. The Morgan fingerprint density at radius 3 is 2.43 bits per heavy atom. The van der Waals surface area contributed by atoms with E-state index < -0.39 is 36.2 Å². The molecule has 1 aromatic carbocycles. The first kappa shape index (κ1) is 17.2. The van der Waals surface area contributed by atoms with Gasteiger partial charge in [0.05, 0.1) is 17.1 Å². The summed E-state index contributed by atoms with van der Waals surface area (Å²) < 4.78 is 13.2. The van der Waals surface area contributed by atoms with Crippen LogP contribution in [-0.2, 0) is 9.59 Å². The predicted octanol–water partition coefficient (Wildman–Crippen LogP) is 2.29. The number of carbonyl (C=O) groups excluding carboxylic acids is 1. The molecule has 0 aliphatic carbocycles. The third kappa shape index (κ3) is 5.20. The van der Waals surface area contributed by atoms with E-state index in [9.17, 15) is 18.8 Å². The second-order valence-corrected chi connectivity index (χ2v) is 5.09. The number of carboxylic acids is 2. The fourth-order valence-electron chi connectivity index (χ4n) is 1.34. The maximum absolute atomic E-state index is 13.0. The summed E-state index contributed by atoms with van der Waals surface area (Å²) in [5.74, 6) is -3.52. The van der Waals surface area contributed by atoms with Gasteiger partial charge in [-0.1, -0.05) is 11.6 Å². The number of anilines is 1. The van der Waals surface area contributed by atoms with Crippen molar-refractivity contribution in [1.29, 1.82) is 0 Å². The zero-order chi connectivity index (χ0) is 16.2. The number of benzene rings is 1. The van der Waals surface area contributed by atoms with Crippen molar-refractivity contribution in [3.63, 3.8) is 0 Å². The lowest BCUT2D eigenvalue weighted by atomic mass is 10.2. The van der Waals surface area contributed by atoms with Crippen LogP contribution in [0.2, 0.25) is 5.02 Å². The van der Waals surface area contributed by atoms with Crippen LogP contribution in [0.1, 0.15) is 6.42 Å². The molecule has 0 radical (unpaired) electrons. The summed E-state index contributed by atoms with van der Waals surface area (Å²) in [7, 11) is 0. The van der Waals surface area contributed by atoms with Gasteiger partial charge in [-0.25, -0.2) is 14.0 Å². The minimum Gasteiger partial charge on any atom is -0.481 e. The van der Waals surface area contributed by atoms with Crippen molar-refractivity contribution < 1.29 is 29.0 Å². The van der Waals surface area contributed by atoms with Crippen LogP contribution in [-0.4, -0.2) is 34.2 Å². The van der Waals surface area contributed by atoms with Gasteiger partial charge in [0, 0.05) is 4.47 Å². The van der Waals surface area contributed by atoms with Gasteiger partial charge in [0.25, 0.3) is 0 Å². The Kier molecular flexibility index (Phi) is 5.91. The van der Waals surface area contributed by atoms with Crippen molar-refractivity contribution in [1.82, 2.24) is 5.32 Å². The van der Waals surface area contributed by atoms with Crippen LogP contribution in [0.5, 0.6) is 0 Å². The molecule has 0 spiro atoms. The van der Waals surface area contributed by atoms with Gasteiger partial charge in [-0.05, 0) is 28.1 Å². The monoisotopic (exact) mass is 382 g/mol. The minimum absolute atomic E-state index is 0.0232. The third-order valence-electron chi connectivity index (χ3n) is 2.23. The number of hydrogen-bond donors (Lipinski definition) is 4. The highest BCUT2D eigenvalue weighted by atomic mass is 79.9. The van der Waals surface area contributed by atoms with Crippen molar-refractivity contribution in [3.05, 3.63) is 27.4 Å². The summed E-state index contributed by atoms with van der Waals surface area (Å²) in [4.78, 5) is 33.0. The molecule has 1 rings (SSSR count). The lowest BCUT2D eigenvalue weighted by Gasteiger charge is -2.14. The number of nitrogens with one attached hydrogen (secondary N) is 2. The molecule has 4 N–H and O–H groups in total. The first-order valence-corrected chi connectivity index (χ1v) is 6.54. The molecular formula is C11H9BrClFN2O5. The molecule has 0 aliphatic rings. The van der Waals surface area contributed by atoms with Gasteiger partial charge < -0.3 is 20.8 Å². The average molecular weight is 384 g/mol. The second-order valence-electron chi connectivity index (χ2n) is 3.83. The number of halogens is 3. The summed E-state index contributed by atoms with van der Waals surface area (Å²) in [6.45, 7) is 0. The van der Waals surface area contributed by atoms with Crippen LogP contribution >= 0.6 is 27.5 Å². The number of carbonyl (C=O) groups is 3. The Bertz CT molecular complexity index is 575. The maximum atomic E-state index is 13.0. The van der Waals surface area contributed by atoms with E-state index in [0.717, 1.165) is 12.1 Å². The van der Waals surface area contributed by atoms with Gasteiger partial charge >= 0.3 is 18.0 Å². The minimum atomic E-state index is -1.61. The van der Waals surface area contributed by atoms with Gasteiger partial charge in [0.1, 0.15) is 11.9 Å². The van der Waals surface area contributed by atoms with E-state index in [1.54, 1.807) is 0 Å². The number of aliphatic carboxylic acids is 2. The van der Waals surface area contributed by atoms with E-state index in [1.165, 1.54) is 0 Å². The molecule has 0 saturated heterocycles. The molecular weight excluding hydrogens is 374 g/mol. The molecule has 0 bridgehead atoms. The van der Waals surface area contributed by atoms with Gasteiger partial charge in [-0.3, -0.25) is 4.79 Å². The van der Waals surface area contributed by atoms with Crippen molar-refractivity contribution >= 4 is 51.2 Å². The molecule has 0 saturated carbocycles. The zero-order valence-corrected chi connectivity index (χ0v) is 12.5. The van der Waals surface area contributed by atoms with Gasteiger partial charge in [0.15, 0.2) is 0 Å². The second kappa shape index (κ2) is 7.23. The summed E-state index contributed by atoms with van der Waals surface area (Å²) >= 11 is 8.72. The molecule has 2 amide bonds. The topological polar surface area (TPSA) is 116 Å². The molecule has 21 heavy (non-hydrogen) atoms. The van der Waals surface area contributed by atoms with Gasteiger partial charge in [-0.15, -0.1) is 0 Å². The lowest BCUT2D eigenvalue weighted by Crippen LogP contribution is -2.44. The van der Waals surface area contributed by atoms with Crippen LogP contribution in [0.3, 0.4) is 0 Å². The molecule has 10 heteroatoms. The number of urea groups is 1. The van der Waals surface area contributed by atoms with E-state index in [2.05, 4.69) is 21.2 Å². The van der Waals surface area contributed by atoms with Crippen molar-refractivity contribution in [2.45, 2.75) is 12.5 Å². The maximum Gasteiger partial charge on any atom is 0.326 e. The van der Waals surface area contributed by atoms with E-state index >= 15 is 0 Å². The fraction of sp³-hybridized carbons (Fsp3) is 0.182. The Balaban J connectivity index is 2.82. The van der Waals surface area contributed by atoms with Crippen LogP contribution in [0.4, 0.5) is 14.9 Å². The molecule has 1 atom stereocenters. The standard InChI is InChI=1S/C11H9BrClFN2O5/c12-5-1-4(14)2-6(13)9(5)16-11(21)15-7(10(19)20)3-8(17)18/h1-2,7H,3H2,(H,17,18)(H,19,20)(H2,15,16,21)/t7-/m0/s1. The quantitative estimate of drug-likeness (QED) is 0.622. The molecule has 7 nitrogen and oxygen atoms in total. The van der Waals surface area contributed by atoms with Crippen LogP contribution in [0.15, 0.2) is 16.6 Å². The van der Waals surface area contributed by atoms with E-state index in [-0.39, 0.29) is 15.2 Å². The smallest absolute Gasteiger partial charge is 0.326 e. The van der Waals surface area contributed by atoms with E-state index in [1.807, 2.05) is 5.32 Å². The molecule has 0 heterocycles. The summed E-state index contributed by atoms with van der Waals surface area (Å²) in [6, 6.07) is -0.597. The fourth-order valence-corrected chi connectivity index (χ4v) is 2.24. The Morgan fingerprint density at radius 2 is 1.95 bits per heavy atom. The first-order valence-electron chi connectivity index (χ1n) is 5.37. The Labute approximate surface area is 131 Å². The van der Waals surface area contributed by atoms with Crippen LogP contribution in [0, 0.1) is 5.82 Å². The summed E-state index contributed by atoms with van der Waals surface area (Å²) in [5, 5.41) is 21.4. The SMILES string of the molecule is O=C(O)C[C@H](NC(=O)Nc1c(Cl)cc(F)cc1Br)C(=O)O. The Morgan fingerprint density at radius 1 is 1.33 bits per heavy atom. The van der Waals surface area contributed by atoms with Crippen LogP contribution < -0.4 is 10.6 Å². The normalized spacial score (nSPS) is 11.6. The molecule has 1 aromatic rings. The number of rotatable bonds is 5. The highest BCUT2D eigenvalue weighted by Gasteiger charge is 2.23. The van der Waals surface area contributed by atoms with E-state index in [0.29, 0.717) is 0 Å². The van der Waals surface area contributed by atoms with Crippen molar-refractivity contribution in [3.8, 4) is 0 Å². The zero-order valence-electron chi connectivity index (χ0n) is 10.2.